The molecule has 1 aliphatic heterocycles. The molecule has 0 aliphatic carbocycles. The van der Waals surface area contributed by atoms with Gasteiger partial charge in [-0.05, 0) is 35.4 Å². The molecule has 2 aromatic carbocycles. The molecular formula is C21H22ClN3O3S. The Balaban J connectivity index is 1.37. The van der Waals surface area contributed by atoms with Gasteiger partial charge in [0.15, 0.2) is 9.84 Å². The second-order valence-electron chi connectivity index (χ2n) is 7.16. The molecule has 0 radical (unpaired) electrons. The van der Waals surface area contributed by atoms with E-state index < -0.39 is 9.84 Å². The van der Waals surface area contributed by atoms with Gasteiger partial charge in [-0.1, -0.05) is 35.9 Å². The molecule has 0 fully saturated rings. The number of hydrogen-bond acceptors (Lipinski definition) is 5. The van der Waals surface area contributed by atoms with Crippen molar-refractivity contribution >= 4 is 21.4 Å². The van der Waals surface area contributed by atoms with Crippen LogP contribution in [0.15, 0.2) is 59.6 Å². The predicted molar refractivity (Wildman–Crippen MR) is 113 cm³/mol. The van der Waals surface area contributed by atoms with Crippen LogP contribution < -0.4 is 5.32 Å². The SMILES string of the molecule is CS(=O)(=O)c1ccc(CNCC2Cn3c(-c4ccc(Cl)cc4)cnc3CO2)cc1. The van der Waals surface area contributed by atoms with Crippen LogP contribution in [-0.4, -0.2) is 36.9 Å². The van der Waals surface area contributed by atoms with Gasteiger partial charge >= 0.3 is 0 Å². The largest absolute Gasteiger partial charge is 0.367 e. The van der Waals surface area contributed by atoms with Crippen LogP contribution in [0.5, 0.6) is 0 Å². The van der Waals surface area contributed by atoms with E-state index >= 15 is 0 Å². The molecule has 1 unspecified atom stereocenters. The molecule has 4 rings (SSSR count). The fourth-order valence-corrected chi connectivity index (χ4v) is 4.14. The Morgan fingerprint density at radius 2 is 1.90 bits per heavy atom. The summed E-state index contributed by atoms with van der Waals surface area (Å²) < 4.78 is 31.2. The predicted octanol–water partition coefficient (Wildman–Crippen LogP) is 3.30. The minimum Gasteiger partial charge on any atom is -0.367 e. The van der Waals surface area contributed by atoms with Gasteiger partial charge in [0, 0.05) is 24.4 Å². The Kier molecular flexibility index (Phi) is 5.74. The third kappa shape index (κ3) is 4.70. The first-order chi connectivity index (χ1) is 13.9. The fourth-order valence-electron chi connectivity index (χ4n) is 3.39. The summed E-state index contributed by atoms with van der Waals surface area (Å²) in [6.45, 7) is 2.52. The first-order valence-electron chi connectivity index (χ1n) is 9.32. The minimum atomic E-state index is -3.17. The molecule has 6 nitrogen and oxygen atoms in total. The molecule has 1 N–H and O–H groups in total. The Bertz CT molecular complexity index is 1090. The van der Waals surface area contributed by atoms with Crippen molar-refractivity contribution in [1.82, 2.24) is 14.9 Å². The van der Waals surface area contributed by atoms with E-state index in [0.717, 1.165) is 22.6 Å². The first-order valence-corrected chi connectivity index (χ1v) is 11.6. The highest BCUT2D eigenvalue weighted by Crippen LogP contribution is 2.26. The third-order valence-electron chi connectivity index (χ3n) is 4.97. The number of imidazole rings is 1. The lowest BCUT2D eigenvalue weighted by molar-refractivity contribution is 0.00326. The van der Waals surface area contributed by atoms with Crippen molar-refractivity contribution in [2.75, 3.05) is 12.8 Å². The average molecular weight is 432 g/mol. The Morgan fingerprint density at radius 1 is 1.17 bits per heavy atom. The normalized spacial score (nSPS) is 16.6. The van der Waals surface area contributed by atoms with Crippen molar-refractivity contribution < 1.29 is 13.2 Å². The molecule has 0 spiro atoms. The van der Waals surface area contributed by atoms with E-state index in [2.05, 4.69) is 14.9 Å². The smallest absolute Gasteiger partial charge is 0.175 e. The lowest BCUT2D eigenvalue weighted by Crippen LogP contribution is -2.36. The monoisotopic (exact) mass is 431 g/mol. The number of nitrogens with zero attached hydrogens (tertiary/aromatic N) is 2. The fraction of sp³-hybridized carbons (Fsp3) is 0.286. The van der Waals surface area contributed by atoms with E-state index in [1.54, 1.807) is 12.1 Å². The minimum absolute atomic E-state index is 0.0260. The van der Waals surface area contributed by atoms with Gasteiger partial charge in [-0.3, -0.25) is 0 Å². The van der Waals surface area contributed by atoms with Gasteiger partial charge < -0.3 is 14.6 Å². The summed E-state index contributed by atoms with van der Waals surface area (Å²) in [5, 5.41) is 4.10. The molecule has 0 saturated heterocycles. The quantitative estimate of drug-likeness (QED) is 0.648. The van der Waals surface area contributed by atoms with Gasteiger partial charge in [0.05, 0.1) is 29.4 Å². The zero-order valence-electron chi connectivity index (χ0n) is 16.0. The second kappa shape index (κ2) is 8.28. The van der Waals surface area contributed by atoms with Crippen LogP contribution >= 0.6 is 11.6 Å². The Hall–Kier alpha value is -2.19. The van der Waals surface area contributed by atoms with Gasteiger partial charge in [-0.15, -0.1) is 0 Å². The Labute approximate surface area is 175 Å². The van der Waals surface area contributed by atoms with Crippen LogP contribution in [-0.2, 0) is 34.3 Å². The number of benzene rings is 2. The number of aromatic nitrogens is 2. The lowest BCUT2D eigenvalue weighted by Gasteiger charge is -2.26. The van der Waals surface area contributed by atoms with E-state index in [-0.39, 0.29) is 6.10 Å². The average Bonchev–Trinajstić information content (AvgIpc) is 3.12. The molecule has 0 amide bonds. The van der Waals surface area contributed by atoms with Gasteiger partial charge in [0.25, 0.3) is 0 Å². The molecule has 29 heavy (non-hydrogen) atoms. The van der Waals surface area contributed by atoms with Crippen molar-refractivity contribution in [3.63, 3.8) is 0 Å². The van der Waals surface area contributed by atoms with Crippen LogP contribution in [0.1, 0.15) is 11.4 Å². The van der Waals surface area contributed by atoms with Crippen molar-refractivity contribution in [3.05, 3.63) is 71.1 Å². The van der Waals surface area contributed by atoms with Crippen LogP contribution in [0.25, 0.3) is 11.3 Å². The summed E-state index contributed by atoms with van der Waals surface area (Å²) in [6.07, 6.45) is 3.11. The number of halogens is 1. The highest BCUT2D eigenvalue weighted by molar-refractivity contribution is 7.90. The van der Waals surface area contributed by atoms with E-state index in [1.807, 2.05) is 42.6 Å². The molecule has 0 bridgehead atoms. The van der Waals surface area contributed by atoms with E-state index in [4.69, 9.17) is 16.3 Å². The summed E-state index contributed by atoms with van der Waals surface area (Å²) in [7, 11) is -3.17. The molecular weight excluding hydrogens is 410 g/mol. The molecule has 2 heterocycles. The molecule has 8 heteroatoms. The summed E-state index contributed by atoms with van der Waals surface area (Å²) in [5.41, 5.74) is 3.16. The number of nitrogens with one attached hydrogen (secondary N) is 1. The topological polar surface area (TPSA) is 73.2 Å². The summed E-state index contributed by atoms with van der Waals surface area (Å²) >= 11 is 6.00. The zero-order valence-corrected chi connectivity index (χ0v) is 17.6. The van der Waals surface area contributed by atoms with Gasteiger partial charge in [-0.25, -0.2) is 13.4 Å². The molecule has 0 saturated carbocycles. The molecule has 152 valence electrons. The summed E-state index contributed by atoms with van der Waals surface area (Å²) in [6, 6.07) is 14.7. The number of sulfone groups is 1. The Morgan fingerprint density at radius 3 is 2.59 bits per heavy atom. The van der Waals surface area contributed by atoms with Crippen LogP contribution in [0.2, 0.25) is 5.02 Å². The summed E-state index contributed by atoms with van der Waals surface area (Å²) in [4.78, 5) is 4.81. The maximum absolute atomic E-state index is 11.5. The van der Waals surface area contributed by atoms with E-state index in [1.165, 1.54) is 6.26 Å². The number of ether oxygens (including phenoxy) is 1. The highest BCUT2D eigenvalue weighted by Gasteiger charge is 2.22. The molecule has 1 aromatic heterocycles. The highest BCUT2D eigenvalue weighted by atomic mass is 35.5. The van der Waals surface area contributed by atoms with Gasteiger partial charge in [0.1, 0.15) is 12.4 Å². The second-order valence-corrected chi connectivity index (χ2v) is 9.61. The van der Waals surface area contributed by atoms with Crippen molar-refractivity contribution in [1.29, 1.82) is 0 Å². The molecule has 3 aromatic rings. The third-order valence-corrected chi connectivity index (χ3v) is 6.35. The standard InChI is InChI=1S/C21H22ClN3O3S/c1-29(26,27)19-8-2-15(3-9-19)10-23-11-18-13-25-20(12-24-21(25)14-28-18)16-4-6-17(22)7-5-16/h2-9,12,18,23H,10-11,13-14H2,1H3. The maximum atomic E-state index is 11.5. The number of hydrogen-bond donors (Lipinski definition) is 1. The van der Waals surface area contributed by atoms with Crippen molar-refractivity contribution in [2.45, 2.75) is 30.7 Å². The zero-order chi connectivity index (χ0) is 20.4. The van der Waals surface area contributed by atoms with E-state index in [0.29, 0.717) is 36.2 Å². The van der Waals surface area contributed by atoms with E-state index in [9.17, 15) is 8.42 Å². The number of fused-ring (bicyclic) bond motifs is 1. The summed E-state index contributed by atoms with van der Waals surface area (Å²) in [5.74, 6) is 0.919. The first kappa shape index (κ1) is 20.1. The van der Waals surface area contributed by atoms with Crippen LogP contribution in [0.4, 0.5) is 0 Å². The molecule has 1 atom stereocenters. The van der Waals surface area contributed by atoms with Gasteiger partial charge in [0.2, 0.25) is 0 Å². The molecule has 1 aliphatic rings. The van der Waals surface area contributed by atoms with Crippen molar-refractivity contribution in [3.8, 4) is 11.3 Å². The van der Waals surface area contributed by atoms with Crippen molar-refractivity contribution in [2.24, 2.45) is 0 Å². The van der Waals surface area contributed by atoms with Crippen LogP contribution in [0.3, 0.4) is 0 Å². The van der Waals surface area contributed by atoms with Crippen LogP contribution in [0, 0.1) is 0 Å². The number of rotatable bonds is 6. The van der Waals surface area contributed by atoms with Gasteiger partial charge in [-0.2, -0.15) is 0 Å². The maximum Gasteiger partial charge on any atom is 0.175 e. The lowest BCUT2D eigenvalue weighted by atomic mass is 10.1.